The molecule has 0 saturated carbocycles. The van der Waals surface area contributed by atoms with Gasteiger partial charge in [0.05, 0.1) is 6.54 Å². The van der Waals surface area contributed by atoms with Crippen molar-refractivity contribution >= 4 is 65.9 Å². The molecule has 0 aliphatic rings. The third-order valence-electron chi connectivity index (χ3n) is 9.34. The molecule has 0 atom stereocenters. The van der Waals surface area contributed by atoms with Crippen LogP contribution in [0.15, 0.2) is 178 Å². The molecule has 1 aromatic heterocycles. The van der Waals surface area contributed by atoms with Gasteiger partial charge in [-0.15, -0.1) is 0 Å². The molecule has 0 saturated heterocycles. The summed E-state index contributed by atoms with van der Waals surface area (Å²) in [5.41, 5.74) is 13.6. The summed E-state index contributed by atoms with van der Waals surface area (Å²) in [5.74, 6) is 0.961. The number of nitrogens with zero attached hydrogens (tertiary/aromatic N) is 2. The molecule has 9 rings (SSSR count). The average Bonchev–Trinajstić information content (AvgIpc) is 3.55. The smallest absolute Gasteiger partial charge is 0.157 e. The number of hydrogen-bond donors (Lipinski definition) is 1. The van der Waals surface area contributed by atoms with E-state index in [0.29, 0.717) is 18.2 Å². The van der Waals surface area contributed by atoms with Gasteiger partial charge in [-0.05, 0) is 73.3 Å². The molecule has 1 heterocycles. The number of rotatable bonds is 5. The first kappa shape index (κ1) is 28.7. The Balaban J connectivity index is 1.18. The number of fused-ring (bicyclic) bond motifs is 7. The van der Waals surface area contributed by atoms with Crippen molar-refractivity contribution < 1.29 is 4.42 Å². The number of benzene rings is 8. The standard InChI is InChI=1S/C45H31N3O/c46-44(39-17-9-19-41-43(39)42-38(16-8-18-40(42)49-41)31-11-2-1-3-12-31)48-45(35-24-21-30-10-4-5-14-33(30)27-35)47-28-29-20-25-37-34(26-29)23-22-32-13-6-7-15-36(32)37/h1-27H,28H2,(H2,46,47,48). The first-order chi connectivity index (χ1) is 24.2. The number of hydrogen-bond acceptors (Lipinski definition) is 2. The summed E-state index contributed by atoms with van der Waals surface area (Å²) in [6, 6.07) is 56.6. The molecule has 0 amide bonds. The summed E-state index contributed by atoms with van der Waals surface area (Å²) in [5, 5.41) is 9.15. The summed E-state index contributed by atoms with van der Waals surface area (Å²) in [4.78, 5) is 10.2. The summed E-state index contributed by atoms with van der Waals surface area (Å²) < 4.78 is 6.37. The lowest BCUT2D eigenvalue weighted by atomic mass is 9.97. The lowest BCUT2D eigenvalue weighted by Gasteiger charge is -2.09. The summed E-state index contributed by atoms with van der Waals surface area (Å²) in [6.07, 6.45) is 0. The van der Waals surface area contributed by atoms with Crippen LogP contribution in [0.4, 0.5) is 0 Å². The van der Waals surface area contributed by atoms with Crippen LogP contribution in [-0.4, -0.2) is 11.7 Å². The predicted octanol–water partition coefficient (Wildman–Crippen LogP) is 11.1. The highest BCUT2D eigenvalue weighted by atomic mass is 16.3. The van der Waals surface area contributed by atoms with Gasteiger partial charge in [-0.25, -0.2) is 4.99 Å². The predicted molar refractivity (Wildman–Crippen MR) is 206 cm³/mol. The van der Waals surface area contributed by atoms with Gasteiger partial charge in [-0.2, -0.15) is 0 Å². The normalized spacial score (nSPS) is 12.5. The van der Waals surface area contributed by atoms with Crippen molar-refractivity contribution in [3.05, 3.63) is 180 Å². The Morgan fingerprint density at radius 2 is 1.22 bits per heavy atom. The first-order valence-corrected chi connectivity index (χ1v) is 16.5. The van der Waals surface area contributed by atoms with Crippen LogP contribution in [0.1, 0.15) is 16.7 Å². The van der Waals surface area contributed by atoms with Crippen LogP contribution < -0.4 is 5.73 Å². The molecule has 0 unspecified atom stereocenters. The maximum absolute atomic E-state index is 6.97. The molecule has 2 N–H and O–H groups in total. The fourth-order valence-electron chi connectivity index (χ4n) is 6.96. The number of furan rings is 1. The summed E-state index contributed by atoms with van der Waals surface area (Å²) >= 11 is 0. The van der Waals surface area contributed by atoms with Gasteiger partial charge in [0.25, 0.3) is 0 Å². The Labute approximate surface area is 283 Å². The van der Waals surface area contributed by atoms with Crippen molar-refractivity contribution in [3.63, 3.8) is 0 Å². The quantitative estimate of drug-likeness (QED) is 0.117. The van der Waals surface area contributed by atoms with Crippen molar-refractivity contribution in [1.29, 1.82) is 0 Å². The molecule has 4 heteroatoms. The van der Waals surface area contributed by atoms with Gasteiger partial charge in [0, 0.05) is 21.9 Å². The van der Waals surface area contributed by atoms with E-state index in [2.05, 4.69) is 121 Å². The minimum absolute atomic E-state index is 0.382. The van der Waals surface area contributed by atoms with Gasteiger partial charge in [-0.3, -0.25) is 4.99 Å². The van der Waals surface area contributed by atoms with Crippen molar-refractivity contribution in [2.24, 2.45) is 15.7 Å². The molecular formula is C45H31N3O. The highest BCUT2D eigenvalue weighted by Crippen LogP contribution is 2.38. The molecule has 0 fully saturated rings. The molecule has 0 radical (unpaired) electrons. The van der Waals surface area contributed by atoms with Gasteiger partial charge in [0.2, 0.25) is 0 Å². The highest BCUT2D eigenvalue weighted by molar-refractivity contribution is 6.23. The minimum Gasteiger partial charge on any atom is -0.456 e. The first-order valence-electron chi connectivity index (χ1n) is 16.5. The second-order valence-electron chi connectivity index (χ2n) is 12.4. The van der Waals surface area contributed by atoms with E-state index in [0.717, 1.165) is 60.5 Å². The van der Waals surface area contributed by atoms with Crippen LogP contribution in [0, 0.1) is 0 Å². The minimum atomic E-state index is 0.382. The summed E-state index contributed by atoms with van der Waals surface area (Å²) in [7, 11) is 0. The van der Waals surface area contributed by atoms with E-state index in [-0.39, 0.29) is 0 Å². The fourth-order valence-corrected chi connectivity index (χ4v) is 6.96. The SMILES string of the molecule is N/C(=N\C(=N/Cc1ccc2c(ccc3ccccc32)c1)c1ccc2ccccc2c1)c1cccc2oc3cccc(-c4ccccc4)c3c12. The number of amidine groups is 2. The van der Waals surface area contributed by atoms with Crippen LogP contribution in [0.25, 0.3) is 65.4 Å². The van der Waals surface area contributed by atoms with Crippen molar-refractivity contribution in [2.75, 3.05) is 0 Å². The highest BCUT2D eigenvalue weighted by Gasteiger charge is 2.18. The van der Waals surface area contributed by atoms with Crippen LogP contribution in [0.3, 0.4) is 0 Å². The van der Waals surface area contributed by atoms with E-state index in [1.807, 2.05) is 42.5 Å². The van der Waals surface area contributed by atoms with Crippen molar-refractivity contribution in [2.45, 2.75) is 6.54 Å². The lowest BCUT2D eigenvalue weighted by Crippen LogP contribution is -2.17. The van der Waals surface area contributed by atoms with E-state index in [1.165, 1.54) is 21.5 Å². The second kappa shape index (κ2) is 11.9. The van der Waals surface area contributed by atoms with E-state index in [4.69, 9.17) is 20.1 Å². The molecule has 0 spiro atoms. The third-order valence-corrected chi connectivity index (χ3v) is 9.34. The van der Waals surface area contributed by atoms with Crippen molar-refractivity contribution in [3.8, 4) is 11.1 Å². The molecule has 8 aromatic carbocycles. The fraction of sp³-hybridized carbons (Fsp3) is 0.0222. The third kappa shape index (κ3) is 5.20. The molecule has 4 nitrogen and oxygen atoms in total. The Kier molecular flexibility index (Phi) is 6.98. The van der Waals surface area contributed by atoms with Crippen molar-refractivity contribution in [1.82, 2.24) is 0 Å². The monoisotopic (exact) mass is 629 g/mol. The van der Waals surface area contributed by atoms with Crippen LogP contribution in [0.2, 0.25) is 0 Å². The molecule has 0 bridgehead atoms. The van der Waals surface area contributed by atoms with Crippen LogP contribution in [0.5, 0.6) is 0 Å². The van der Waals surface area contributed by atoms with Gasteiger partial charge in [0.15, 0.2) is 5.84 Å². The zero-order valence-corrected chi connectivity index (χ0v) is 26.7. The van der Waals surface area contributed by atoms with E-state index >= 15 is 0 Å². The zero-order chi connectivity index (χ0) is 32.7. The van der Waals surface area contributed by atoms with Crippen LogP contribution in [-0.2, 0) is 6.54 Å². The van der Waals surface area contributed by atoms with E-state index in [9.17, 15) is 0 Å². The Hall–Kier alpha value is -6.52. The largest absolute Gasteiger partial charge is 0.456 e. The van der Waals surface area contributed by atoms with E-state index < -0.39 is 0 Å². The van der Waals surface area contributed by atoms with Gasteiger partial charge >= 0.3 is 0 Å². The molecule has 232 valence electrons. The Morgan fingerprint density at radius 1 is 0.531 bits per heavy atom. The molecule has 0 aliphatic carbocycles. The molecule has 49 heavy (non-hydrogen) atoms. The van der Waals surface area contributed by atoms with Gasteiger partial charge < -0.3 is 10.2 Å². The zero-order valence-electron chi connectivity index (χ0n) is 26.7. The van der Waals surface area contributed by atoms with Gasteiger partial charge in [0.1, 0.15) is 17.0 Å². The molecular weight excluding hydrogens is 599 g/mol. The maximum atomic E-state index is 6.97. The number of aliphatic imine (C=N–C) groups is 2. The van der Waals surface area contributed by atoms with Crippen LogP contribution >= 0.6 is 0 Å². The maximum Gasteiger partial charge on any atom is 0.157 e. The lowest BCUT2D eigenvalue weighted by molar-refractivity contribution is 0.669. The summed E-state index contributed by atoms with van der Waals surface area (Å²) in [6.45, 7) is 0.457. The molecule has 0 aliphatic heterocycles. The van der Waals surface area contributed by atoms with E-state index in [1.54, 1.807) is 0 Å². The van der Waals surface area contributed by atoms with Gasteiger partial charge in [-0.1, -0.05) is 140 Å². The Morgan fingerprint density at radius 3 is 2.10 bits per heavy atom. The number of nitrogens with two attached hydrogens (primary N) is 1. The Bertz CT molecular complexity index is 2760. The second-order valence-corrected chi connectivity index (χ2v) is 12.4. The molecule has 9 aromatic rings. The topological polar surface area (TPSA) is 63.9 Å². The average molecular weight is 630 g/mol.